The SMILES string of the molecule is CC(C)C(=O)C(C)C.CCCCO. The van der Waals surface area contributed by atoms with Gasteiger partial charge in [-0.15, -0.1) is 0 Å². The molecule has 0 radical (unpaired) electrons. The fourth-order valence-corrected chi connectivity index (χ4v) is 0.825. The van der Waals surface area contributed by atoms with Gasteiger partial charge in [-0.25, -0.2) is 0 Å². The van der Waals surface area contributed by atoms with Gasteiger partial charge in [-0.3, -0.25) is 4.79 Å². The van der Waals surface area contributed by atoms with Gasteiger partial charge in [0.25, 0.3) is 0 Å². The van der Waals surface area contributed by atoms with E-state index in [1.165, 1.54) is 0 Å². The summed E-state index contributed by atoms with van der Waals surface area (Å²) in [5, 5.41) is 8.07. The third-order valence-corrected chi connectivity index (χ3v) is 1.65. The molecular formula is C11H24O2. The van der Waals surface area contributed by atoms with Crippen molar-refractivity contribution < 1.29 is 9.90 Å². The fraction of sp³-hybridized carbons (Fsp3) is 0.909. The highest BCUT2D eigenvalue weighted by Gasteiger charge is 2.09. The Kier molecular flexibility index (Phi) is 11.3. The zero-order valence-electron chi connectivity index (χ0n) is 9.63. The summed E-state index contributed by atoms with van der Waals surface area (Å²) in [6.45, 7) is 10.1. The van der Waals surface area contributed by atoms with Crippen LogP contribution in [0.4, 0.5) is 0 Å². The van der Waals surface area contributed by atoms with E-state index < -0.39 is 0 Å². The van der Waals surface area contributed by atoms with Crippen LogP contribution in [0.5, 0.6) is 0 Å². The first-order valence-electron chi connectivity index (χ1n) is 5.11. The van der Waals surface area contributed by atoms with Gasteiger partial charge in [-0.2, -0.15) is 0 Å². The average molecular weight is 188 g/mol. The predicted octanol–water partition coefficient (Wildman–Crippen LogP) is 2.65. The summed E-state index contributed by atoms with van der Waals surface area (Å²) in [4.78, 5) is 10.8. The molecule has 2 nitrogen and oxygen atoms in total. The maximum Gasteiger partial charge on any atom is 0.137 e. The number of carbonyl (C=O) groups is 1. The van der Waals surface area contributed by atoms with Gasteiger partial charge in [-0.1, -0.05) is 41.0 Å². The number of ketones is 1. The van der Waals surface area contributed by atoms with Crippen LogP contribution in [0, 0.1) is 11.8 Å². The van der Waals surface area contributed by atoms with Gasteiger partial charge in [0, 0.05) is 18.4 Å². The minimum absolute atomic E-state index is 0.204. The molecule has 0 amide bonds. The van der Waals surface area contributed by atoms with Gasteiger partial charge < -0.3 is 5.11 Å². The van der Waals surface area contributed by atoms with Gasteiger partial charge >= 0.3 is 0 Å². The molecule has 0 aromatic carbocycles. The Balaban J connectivity index is 0. The van der Waals surface area contributed by atoms with E-state index >= 15 is 0 Å². The first kappa shape index (κ1) is 15.1. The lowest BCUT2D eigenvalue weighted by Gasteiger charge is -2.05. The summed E-state index contributed by atoms with van der Waals surface area (Å²) in [6.07, 6.45) is 2.04. The van der Waals surface area contributed by atoms with Crippen LogP contribution in [0.25, 0.3) is 0 Å². The van der Waals surface area contributed by atoms with E-state index in [0.717, 1.165) is 12.8 Å². The monoisotopic (exact) mass is 188 g/mol. The van der Waals surface area contributed by atoms with Gasteiger partial charge in [0.2, 0.25) is 0 Å². The number of carbonyl (C=O) groups excluding carboxylic acids is 1. The first-order valence-corrected chi connectivity index (χ1v) is 5.11. The van der Waals surface area contributed by atoms with Crippen LogP contribution in [0.2, 0.25) is 0 Å². The number of rotatable bonds is 4. The second-order valence-electron chi connectivity index (χ2n) is 3.79. The minimum atomic E-state index is 0.204. The molecule has 13 heavy (non-hydrogen) atoms. The number of unbranched alkanes of at least 4 members (excludes halogenated alkanes) is 1. The Morgan fingerprint density at radius 3 is 1.54 bits per heavy atom. The summed E-state index contributed by atoms with van der Waals surface area (Å²) in [6, 6.07) is 0. The Morgan fingerprint density at radius 1 is 1.15 bits per heavy atom. The van der Waals surface area contributed by atoms with Crippen molar-refractivity contribution in [2.24, 2.45) is 11.8 Å². The molecule has 1 N–H and O–H groups in total. The molecule has 0 aliphatic rings. The number of hydrogen-bond acceptors (Lipinski definition) is 2. The molecule has 0 aliphatic carbocycles. The zero-order valence-corrected chi connectivity index (χ0v) is 9.63. The molecule has 80 valence electrons. The van der Waals surface area contributed by atoms with Crippen LogP contribution < -0.4 is 0 Å². The Morgan fingerprint density at radius 2 is 1.54 bits per heavy atom. The number of aliphatic hydroxyl groups excluding tert-OH is 1. The molecule has 2 heteroatoms. The van der Waals surface area contributed by atoms with Crippen LogP contribution in [0.3, 0.4) is 0 Å². The quantitative estimate of drug-likeness (QED) is 0.736. The van der Waals surface area contributed by atoms with Crippen molar-refractivity contribution in [2.45, 2.75) is 47.5 Å². The van der Waals surface area contributed by atoms with Crippen LogP contribution in [-0.4, -0.2) is 17.5 Å². The van der Waals surface area contributed by atoms with Crippen molar-refractivity contribution in [3.05, 3.63) is 0 Å². The molecule has 0 bridgehead atoms. The van der Waals surface area contributed by atoms with Crippen molar-refractivity contribution in [3.8, 4) is 0 Å². The fourth-order valence-electron chi connectivity index (χ4n) is 0.825. The minimum Gasteiger partial charge on any atom is -0.396 e. The summed E-state index contributed by atoms with van der Waals surface area (Å²) in [7, 11) is 0. The maximum absolute atomic E-state index is 10.8. The van der Waals surface area contributed by atoms with Crippen LogP contribution >= 0.6 is 0 Å². The summed E-state index contributed by atoms with van der Waals surface area (Å²) in [5.41, 5.74) is 0. The molecule has 0 rings (SSSR count). The molecule has 0 unspecified atom stereocenters. The van der Waals surface area contributed by atoms with E-state index in [1.54, 1.807) is 0 Å². The molecule has 0 spiro atoms. The summed E-state index contributed by atoms with van der Waals surface area (Å²) < 4.78 is 0. The molecule has 0 aromatic heterocycles. The maximum atomic E-state index is 10.8. The average Bonchev–Trinajstić information content (AvgIpc) is 2.05. The first-order chi connectivity index (χ1) is 5.97. The van der Waals surface area contributed by atoms with E-state index in [-0.39, 0.29) is 11.8 Å². The molecule has 0 aliphatic heterocycles. The Hall–Kier alpha value is -0.370. The number of aliphatic hydroxyl groups is 1. The molecule has 0 fully saturated rings. The van der Waals surface area contributed by atoms with Gasteiger partial charge in [0.15, 0.2) is 0 Å². The second kappa shape index (κ2) is 9.72. The van der Waals surface area contributed by atoms with Crippen molar-refractivity contribution >= 4 is 5.78 Å². The predicted molar refractivity (Wildman–Crippen MR) is 56.7 cm³/mol. The zero-order chi connectivity index (χ0) is 10.9. The van der Waals surface area contributed by atoms with E-state index in [0.29, 0.717) is 12.4 Å². The lowest BCUT2D eigenvalue weighted by Crippen LogP contribution is -2.13. The van der Waals surface area contributed by atoms with E-state index in [4.69, 9.17) is 5.11 Å². The Labute approximate surface area is 82.4 Å². The van der Waals surface area contributed by atoms with E-state index in [1.807, 2.05) is 27.7 Å². The number of hydrogen-bond donors (Lipinski definition) is 1. The standard InChI is InChI=1S/C7H14O.C4H10O/c1-5(2)7(8)6(3)4;1-2-3-4-5/h5-6H,1-4H3;5H,2-4H2,1H3. The van der Waals surface area contributed by atoms with Crippen molar-refractivity contribution in [2.75, 3.05) is 6.61 Å². The lowest BCUT2D eigenvalue weighted by atomic mass is 9.99. The second-order valence-corrected chi connectivity index (χ2v) is 3.79. The molecule has 0 heterocycles. The van der Waals surface area contributed by atoms with Crippen LogP contribution in [0.1, 0.15) is 47.5 Å². The molecule has 0 atom stereocenters. The van der Waals surface area contributed by atoms with Gasteiger partial charge in [0.05, 0.1) is 0 Å². The van der Waals surface area contributed by atoms with Crippen LogP contribution in [-0.2, 0) is 4.79 Å². The topological polar surface area (TPSA) is 37.3 Å². The van der Waals surface area contributed by atoms with E-state index in [2.05, 4.69) is 6.92 Å². The highest BCUT2D eigenvalue weighted by Crippen LogP contribution is 2.03. The van der Waals surface area contributed by atoms with Crippen molar-refractivity contribution in [1.29, 1.82) is 0 Å². The summed E-state index contributed by atoms with van der Waals surface area (Å²) >= 11 is 0. The highest BCUT2D eigenvalue weighted by atomic mass is 16.2. The normalized spacial score (nSPS) is 9.85. The Bertz CT molecular complexity index is 105. The number of Topliss-reactive ketones (excluding diaryl/α,β-unsaturated/α-hetero) is 1. The van der Waals surface area contributed by atoms with Gasteiger partial charge in [0.1, 0.15) is 5.78 Å². The van der Waals surface area contributed by atoms with Crippen molar-refractivity contribution in [1.82, 2.24) is 0 Å². The van der Waals surface area contributed by atoms with E-state index in [9.17, 15) is 4.79 Å². The molecule has 0 aromatic rings. The third-order valence-electron chi connectivity index (χ3n) is 1.65. The molecular weight excluding hydrogens is 164 g/mol. The summed E-state index contributed by atoms with van der Waals surface area (Å²) in [5.74, 6) is 0.759. The van der Waals surface area contributed by atoms with Gasteiger partial charge in [-0.05, 0) is 6.42 Å². The van der Waals surface area contributed by atoms with Crippen molar-refractivity contribution in [3.63, 3.8) is 0 Å². The molecule has 0 saturated carbocycles. The lowest BCUT2D eigenvalue weighted by molar-refractivity contribution is -0.124. The smallest absolute Gasteiger partial charge is 0.137 e. The largest absolute Gasteiger partial charge is 0.396 e. The van der Waals surface area contributed by atoms with Crippen LogP contribution in [0.15, 0.2) is 0 Å². The third kappa shape index (κ3) is 11.6. The highest BCUT2D eigenvalue weighted by molar-refractivity contribution is 5.81. The molecule has 0 saturated heterocycles.